The lowest BCUT2D eigenvalue weighted by Gasteiger charge is -2.35. The number of carbonyl (C=O) groups excluding carboxylic acids is 1. The van der Waals surface area contributed by atoms with E-state index in [1.165, 1.54) is 32.1 Å². The second-order valence-electron chi connectivity index (χ2n) is 5.93. The minimum Gasteiger partial charge on any atom is -0.368 e. The van der Waals surface area contributed by atoms with Gasteiger partial charge in [-0.05, 0) is 51.6 Å². The molecule has 0 radical (unpaired) electrons. The SMILES string of the molecule is CCCNC(CN(C)C1CCC(CC)CC1)C(N)=O. The van der Waals surface area contributed by atoms with Crippen molar-refractivity contribution in [1.82, 2.24) is 10.2 Å². The molecule has 1 unspecified atom stereocenters. The highest BCUT2D eigenvalue weighted by atomic mass is 16.1. The number of nitrogens with two attached hydrogens (primary N) is 1. The Kier molecular flexibility index (Phi) is 7.39. The molecule has 4 nitrogen and oxygen atoms in total. The van der Waals surface area contributed by atoms with Crippen LogP contribution in [0.5, 0.6) is 0 Å². The van der Waals surface area contributed by atoms with Crippen LogP contribution in [0.3, 0.4) is 0 Å². The van der Waals surface area contributed by atoms with Crippen LogP contribution < -0.4 is 11.1 Å². The van der Waals surface area contributed by atoms with Gasteiger partial charge in [-0.25, -0.2) is 0 Å². The van der Waals surface area contributed by atoms with Crippen molar-refractivity contribution in [1.29, 1.82) is 0 Å². The van der Waals surface area contributed by atoms with E-state index in [0.717, 1.165) is 25.4 Å². The molecular weight excluding hydrogens is 238 g/mol. The van der Waals surface area contributed by atoms with E-state index in [1.807, 2.05) is 0 Å². The molecule has 1 amide bonds. The predicted molar refractivity (Wildman–Crippen MR) is 79.9 cm³/mol. The van der Waals surface area contributed by atoms with Crippen molar-refractivity contribution in [2.24, 2.45) is 11.7 Å². The molecule has 1 rings (SSSR count). The van der Waals surface area contributed by atoms with Crippen LogP contribution >= 0.6 is 0 Å². The van der Waals surface area contributed by atoms with Gasteiger partial charge < -0.3 is 16.0 Å². The summed E-state index contributed by atoms with van der Waals surface area (Å²) < 4.78 is 0. The molecule has 0 aromatic carbocycles. The minimum atomic E-state index is -0.234. The molecule has 0 aromatic heterocycles. The molecule has 1 fully saturated rings. The largest absolute Gasteiger partial charge is 0.368 e. The summed E-state index contributed by atoms with van der Waals surface area (Å²) in [6, 6.07) is 0.405. The lowest BCUT2D eigenvalue weighted by Crippen LogP contribution is -2.51. The van der Waals surface area contributed by atoms with Gasteiger partial charge >= 0.3 is 0 Å². The molecule has 19 heavy (non-hydrogen) atoms. The maximum Gasteiger partial charge on any atom is 0.235 e. The van der Waals surface area contributed by atoms with Crippen molar-refractivity contribution >= 4 is 5.91 Å². The van der Waals surface area contributed by atoms with E-state index in [9.17, 15) is 4.79 Å². The summed E-state index contributed by atoms with van der Waals surface area (Å²) in [7, 11) is 2.13. The van der Waals surface area contributed by atoms with Crippen molar-refractivity contribution < 1.29 is 4.79 Å². The van der Waals surface area contributed by atoms with E-state index in [2.05, 4.69) is 31.1 Å². The maximum atomic E-state index is 11.5. The van der Waals surface area contributed by atoms with E-state index in [-0.39, 0.29) is 11.9 Å². The zero-order valence-corrected chi connectivity index (χ0v) is 12.8. The molecule has 1 aliphatic rings. The average molecular weight is 269 g/mol. The molecule has 0 saturated heterocycles. The minimum absolute atomic E-state index is 0.214. The van der Waals surface area contributed by atoms with Crippen LogP contribution in [0.2, 0.25) is 0 Å². The summed E-state index contributed by atoms with van der Waals surface area (Å²) in [5.74, 6) is 0.678. The van der Waals surface area contributed by atoms with Gasteiger partial charge in [0.1, 0.15) is 0 Å². The number of carbonyl (C=O) groups is 1. The number of primary amides is 1. The first-order valence-electron chi connectivity index (χ1n) is 7.81. The van der Waals surface area contributed by atoms with Crippen LogP contribution in [0.4, 0.5) is 0 Å². The summed E-state index contributed by atoms with van der Waals surface area (Å²) >= 11 is 0. The Hall–Kier alpha value is -0.610. The highest BCUT2D eigenvalue weighted by Gasteiger charge is 2.25. The molecule has 112 valence electrons. The Morgan fingerprint density at radius 3 is 2.42 bits per heavy atom. The fraction of sp³-hybridized carbons (Fsp3) is 0.933. The second kappa shape index (κ2) is 8.54. The first-order valence-corrected chi connectivity index (χ1v) is 7.81. The maximum absolute atomic E-state index is 11.5. The van der Waals surface area contributed by atoms with Gasteiger partial charge in [-0.2, -0.15) is 0 Å². The summed E-state index contributed by atoms with van der Waals surface area (Å²) in [5.41, 5.74) is 5.47. The van der Waals surface area contributed by atoms with Crippen LogP contribution in [0, 0.1) is 5.92 Å². The Bertz CT molecular complexity index is 262. The van der Waals surface area contributed by atoms with Crippen LogP contribution in [0.1, 0.15) is 52.4 Å². The number of likely N-dealkylation sites (N-methyl/N-ethyl adjacent to an activating group) is 1. The lowest BCUT2D eigenvalue weighted by atomic mass is 9.84. The zero-order chi connectivity index (χ0) is 14.3. The Balaban J connectivity index is 2.39. The van der Waals surface area contributed by atoms with Crippen LogP contribution in [-0.4, -0.2) is 43.0 Å². The third-order valence-electron chi connectivity index (χ3n) is 4.47. The van der Waals surface area contributed by atoms with Gasteiger partial charge in [0.25, 0.3) is 0 Å². The molecule has 1 saturated carbocycles. The molecule has 0 spiro atoms. The quantitative estimate of drug-likeness (QED) is 0.705. The summed E-state index contributed by atoms with van der Waals surface area (Å²) in [4.78, 5) is 13.8. The van der Waals surface area contributed by atoms with Crippen molar-refractivity contribution in [3.8, 4) is 0 Å². The topological polar surface area (TPSA) is 58.4 Å². The highest BCUT2D eigenvalue weighted by molar-refractivity contribution is 5.80. The van der Waals surface area contributed by atoms with E-state index in [4.69, 9.17) is 5.73 Å². The predicted octanol–water partition coefficient (Wildman–Crippen LogP) is 1.74. The molecule has 0 bridgehead atoms. The van der Waals surface area contributed by atoms with Crippen molar-refractivity contribution in [3.05, 3.63) is 0 Å². The molecule has 1 atom stereocenters. The monoisotopic (exact) mass is 269 g/mol. The van der Waals surface area contributed by atoms with E-state index in [0.29, 0.717) is 6.04 Å². The van der Waals surface area contributed by atoms with Gasteiger partial charge in [0.15, 0.2) is 0 Å². The van der Waals surface area contributed by atoms with E-state index in [1.54, 1.807) is 0 Å². The number of hydrogen-bond donors (Lipinski definition) is 2. The number of amides is 1. The number of nitrogens with one attached hydrogen (secondary N) is 1. The molecular formula is C15H31N3O. The van der Waals surface area contributed by atoms with Gasteiger partial charge in [-0.1, -0.05) is 20.3 Å². The Morgan fingerprint density at radius 2 is 1.95 bits per heavy atom. The van der Waals surface area contributed by atoms with Crippen molar-refractivity contribution in [3.63, 3.8) is 0 Å². The molecule has 0 aromatic rings. The first-order chi connectivity index (χ1) is 9.08. The summed E-state index contributed by atoms with van der Waals surface area (Å²) in [5, 5.41) is 3.24. The standard InChI is InChI=1S/C15H31N3O/c1-4-10-17-14(15(16)19)11-18(3)13-8-6-12(5-2)7-9-13/h12-14,17H,4-11H2,1-3H3,(H2,16,19). The highest BCUT2D eigenvalue weighted by Crippen LogP contribution is 2.28. The van der Waals surface area contributed by atoms with Crippen LogP contribution in [0.15, 0.2) is 0 Å². The van der Waals surface area contributed by atoms with Gasteiger partial charge in [-0.15, -0.1) is 0 Å². The third kappa shape index (κ3) is 5.49. The number of nitrogens with zero attached hydrogens (tertiary/aromatic N) is 1. The Labute approximate surface area is 118 Å². The first kappa shape index (κ1) is 16.4. The Morgan fingerprint density at radius 1 is 1.32 bits per heavy atom. The number of hydrogen-bond acceptors (Lipinski definition) is 3. The molecule has 0 heterocycles. The van der Waals surface area contributed by atoms with Gasteiger partial charge in [0.2, 0.25) is 5.91 Å². The zero-order valence-electron chi connectivity index (χ0n) is 12.8. The van der Waals surface area contributed by atoms with Crippen molar-refractivity contribution in [2.75, 3.05) is 20.1 Å². The van der Waals surface area contributed by atoms with Gasteiger partial charge in [0.05, 0.1) is 6.04 Å². The van der Waals surface area contributed by atoms with Gasteiger partial charge in [-0.3, -0.25) is 4.79 Å². The van der Waals surface area contributed by atoms with Crippen molar-refractivity contribution in [2.45, 2.75) is 64.5 Å². The molecule has 1 aliphatic carbocycles. The third-order valence-corrected chi connectivity index (χ3v) is 4.47. The lowest BCUT2D eigenvalue weighted by molar-refractivity contribution is -0.120. The molecule has 4 heteroatoms. The van der Waals surface area contributed by atoms with Crippen LogP contribution in [-0.2, 0) is 4.79 Å². The number of rotatable bonds is 8. The summed E-state index contributed by atoms with van der Waals surface area (Å²) in [6.07, 6.45) is 7.50. The normalized spacial score (nSPS) is 25.5. The van der Waals surface area contributed by atoms with Gasteiger partial charge in [0, 0.05) is 12.6 Å². The fourth-order valence-electron chi connectivity index (χ4n) is 3.00. The van der Waals surface area contributed by atoms with E-state index < -0.39 is 0 Å². The van der Waals surface area contributed by atoms with E-state index >= 15 is 0 Å². The van der Waals surface area contributed by atoms with Crippen LogP contribution in [0.25, 0.3) is 0 Å². The fourth-order valence-corrected chi connectivity index (χ4v) is 3.00. The molecule has 3 N–H and O–H groups in total. The molecule has 0 aliphatic heterocycles. The average Bonchev–Trinajstić information content (AvgIpc) is 2.43. The summed E-state index contributed by atoms with van der Waals surface area (Å²) in [6.45, 7) is 5.97. The smallest absolute Gasteiger partial charge is 0.235 e. The second-order valence-corrected chi connectivity index (χ2v) is 5.93.